The molecule has 0 aliphatic carbocycles. The molecule has 136 valence electrons. The van der Waals surface area contributed by atoms with E-state index in [0.717, 1.165) is 11.1 Å². The summed E-state index contributed by atoms with van der Waals surface area (Å²) in [6, 6.07) is 9.87. The number of methoxy groups -OCH3 is 1. The van der Waals surface area contributed by atoms with Crippen LogP contribution in [0.4, 0.5) is 0 Å². The second-order valence-electron chi connectivity index (χ2n) is 6.45. The largest absolute Gasteiger partial charge is 0.364 e. The van der Waals surface area contributed by atoms with Crippen molar-refractivity contribution >= 4 is 0 Å². The van der Waals surface area contributed by atoms with Gasteiger partial charge in [0, 0.05) is 19.1 Å². The third-order valence-electron chi connectivity index (χ3n) is 4.79. The van der Waals surface area contributed by atoms with Gasteiger partial charge in [0.1, 0.15) is 17.8 Å². The molecule has 1 aromatic carbocycles. The molecule has 5 atom stereocenters. The molecule has 0 saturated carbocycles. The van der Waals surface area contributed by atoms with Crippen molar-refractivity contribution in [2.45, 2.75) is 43.7 Å². The van der Waals surface area contributed by atoms with E-state index in [4.69, 9.17) is 23.7 Å². The van der Waals surface area contributed by atoms with E-state index in [0.29, 0.717) is 19.6 Å². The van der Waals surface area contributed by atoms with Crippen molar-refractivity contribution in [3.63, 3.8) is 0 Å². The zero-order valence-electron chi connectivity index (χ0n) is 14.9. The molecule has 25 heavy (non-hydrogen) atoms. The van der Waals surface area contributed by atoms with Crippen LogP contribution in [0.5, 0.6) is 0 Å². The predicted molar refractivity (Wildman–Crippen MR) is 94.0 cm³/mol. The van der Waals surface area contributed by atoms with E-state index >= 15 is 0 Å². The lowest BCUT2D eigenvalue weighted by molar-refractivity contribution is -0.354. The summed E-state index contributed by atoms with van der Waals surface area (Å²) in [7, 11) is 1.62. The maximum atomic E-state index is 6.32. The van der Waals surface area contributed by atoms with Crippen LogP contribution < -0.4 is 0 Å². The van der Waals surface area contributed by atoms with Gasteiger partial charge in [0.2, 0.25) is 0 Å². The van der Waals surface area contributed by atoms with Crippen molar-refractivity contribution in [2.24, 2.45) is 0 Å². The van der Waals surface area contributed by atoms with Gasteiger partial charge in [0.05, 0.1) is 13.2 Å². The average molecular weight is 346 g/mol. The SMILES string of the molecule is C=CCO[C@@]1(C(=C)C)C[C@@H](OC)O[C@@H]2CO[C@@H](c3ccccc3)O[C@H]21. The number of hydrogen-bond acceptors (Lipinski definition) is 5. The van der Waals surface area contributed by atoms with Gasteiger partial charge in [-0.3, -0.25) is 0 Å². The van der Waals surface area contributed by atoms with Crippen molar-refractivity contribution in [1.29, 1.82) is 0 Å². The van der Waals surface area contributed by atoms with Gasteiger partial charge in [0.15, 0.2) is 12.6 Å². The lowest BCUT2D eigenvalue weighted by Gasteiger charge is -2.52. The zero-order valence-corrected chi connectivity index (χ0v) is 14.9. The third-order valence-corrected chi connectivity index (χ3v) is 4.79. The molecule has 1 aromatic rings. The molecule has 0 radical (unpaired) electrons. The highest BCUT2D eigenvalue weighted by molar-refractivity contribution is 5.21. The second-order valence-corrected chi connectivity index (χ2v) is 6.45. The van der Waals surface area contributed by atoms with Crippen LogP contribution in [0.1, 0.15) is 25.2 Å². The molecular formula is C20H26O5. The molecule has 0 spiro atoms. The molecule has 2 saturated heterocycles. The number of ether oxygens (including phenoxy) is 5. The first-order valence-corrected chi connectivity index (χ1v) is 8.52. The summed E-state index contributed by atoms with van der Waals surface area (Å²) in [4.78, 5) is 0. The highest BCUT2D eigenvalue weighted by atomic mass is 16.7. The van der Waals surface area contributed by atoms with E-state index in [9.17, 15) is 0 Å². The van der Waals surface area contributed by atoms with Gasteiger partial charge in [-0.1, -0.05) is 43.0 Å². The van der Waals surface area contributed by atoms with Crippen molar-refractivity contribution in [3.8, 4) is 0 Å². The Morgan fingerprint density at radius 3 is 2.72 bits per heavy atom. The van der Waals surface area contributed by atoms with E-state index in [-0.39, 0.29) is 12.2 Å². The maximum Gasteiger partial charge on any atom is 0.184 e. The average Bonchev–Trinajstić information content (AvgIpc) is 2.66. The summed E-state index contributed by atoms with van der Waals surface area (Å²) in [6.45, 7) is 10.7. The van der Waals surface area contributed by atoms with Crippen LogP contribution in [0, 0.1) is 0 Å². The highest BCUT2D eigenvalue weighted by Crippen LogP contribution is 2.44. The molecule has 0 N–H and O–H groups in total. The molecule has 2 aliphatic heterocycles. The topological polar surface area (TPSA) is 46.2 Å². The van der Waals surface area contributed by atoms with Crippen LogP contribution in [0.3, 0.4) is 0 Å². The van der Waals surface area contributed by atoms with Crippen molar-refractivity contribution < 1.29 is 23.7 Å². The molecule has 0 bridgehead atoms. The molecular weight excluding hydrogens is 320 g/mol. The van der Waals surface area contributed by atoms with Crippen LogP contribution in [0.2, 0.25) is 0 Å². The van der Waals surface area contributed by atoms with E-state index in [1.807, 2.05) is 37.3 Å². The van der Waals surface area contributed by atoms with E-state index < -0.39 is 18.2 Å². The van der Waals surface area contributed by atoms with Crippen molar-refractivity contribution in [2.75, 3.05) is 20.3 Å². The minimum Gasteiger partial charge on any atom is -0.364 e. The Hall–Kier alpha value is -1.50. The molecule has 0 unspecified atom stereocenters. The van der Waals surface area contributed by atoms with Crippen LogP contribution >= 0.6 is 0 Å². The number of rotatable bonds is 6. The molecule has 2 aliphatic rings. The van der Waals surface area contributed by atoms with Gasteiger partial charge in [-0.15, -0.1) is 6.58 Å². The third kappa shape index (κ3) is 3.57. The molecule has 2 fully saturated rings. The quantitative estimate of drug-likeness (QED) is 0.739. The Morgan fingerprint density at radius 2 is 2.08 bits per heavy atom. The summed E-state index contributed by atoms with van der Waals surface area (Å²) in [5.74, 6) is 0. The molecule has 0 amide bonds. The predicted octanol–water partition coefficient (Wildman–Crippen LogP) is 3.38. The Bertz CT molecular complexity index is 601. The first-order chi connectivity index (χ1) is 12.1. The lowest BCUT2D eigenvalue weighted by Crippen LogP contribution is -2.63. The van der Waals surface area contributed by atoms with Gasteiger partial charge in [-0.2, -0.15) is 0 Å². The maximum absolute atomic E-state index is 6.32. The zero-order chi connectivity index (χ0) is 17.9. The normalized spacial score (nSPS) is 35.0. The Morgan fingerprint density at radius 1 is 1.32 bits per heavy atom. The van der Waals surface area contributed by atoms with Crippen molar-refractivity contribution in [1.82, 2.24) is 0 Å². The van der Waals surface area contributed by atoms with Crippen LogP contribution in [0.25, 0.3) is 0 Å². The smallest absolute Gasteiger partial charge is 0.184 e. The molecule has 3 rings (SSSR count). The Labute approximate surface area is 149 Å². The van der Waals surface area contributed by atoms with Gasteiger partial charge in [0.25, 0.3) is 0 Å². The number of fused-ring (bicyclic) bond motifs is 1. The van der Waals surface area contributed by atoms with E-state index in [2.05, 4.69) is 13.2 Å². The second kappa shape index (κ2) is 7.81. The number of benzene rings is 1. The van der Waals surface area contributed by atoms with E-state index in [1.54, 1.807) is 13.2 Å². The van der Waals surface area contributed by atoms with Gasteiger partial charge in [-0.05, 0) is 12.5 Å². The van der Waals surface area contributed by atoms with Crippen LogP contribution in [0.15, 0.2) is 55.1 Å². The molecule has 5 heteroatoms. The first-order valence-electron chi connectivity index (χ1n) is 8.52. The Balaban J connectivity index is 1.90. The van der Waals surface area contributed by atoms with Gasteiger partial charge < -0.3 is 23.7 Å². The van der Waals surface area contributed by atoms with Crippen molar-refractivity contribution in [3.05, 3.63) is 60.7 Å². The Kier molecular flexibility index (Phi) is 5.71. The van der Waals surface area contributed by atoms with Crippen LogP contribution in [-0.4, -0.2) is 44.4 Å². The molecule has 2 heterocycles. The van der Waals surface area contributed by atoms with E-state index in [1.165, 1.54) is 0 Å². The summed E-state index contributed by atoms with van der Waals surface area (Å²) < 4.78 is 29.9. The standard InChI is InChI=1S/C20H26O5/c1-5-11-23-20(14(2)3)12-17(21-4)24-16-13-22-19(25-18(16)20)15-9-7-6-8-10-15/h5-10,16-19H,1-2,11-13H2,3-4H3/t16-,17+,18-,19-,20-/m1/s1. The van der Waals surface area contributed by atoms with Gasteiger partial charge in [-0.25, -0.2) is 0 Å². The molecule has 5 nitrogen and oxygen atoms in total. The monoisotopic (exact) mass is 346 g/mol. The number of hydrogen-bond donors (Lipinski definition) is 0. The minimum atomic E-state index is -0.714. The molecule has 0 aromatic heterocycles. The minimum absolute atomic E-state index is 0.292. The fourth-order valence-corrected chi connectivity index (χ4v) is 3.47. The summed E-state index contributed by atoms with van der Waals surface area (Å²) in [5, 5.41) is 0. The summed E-state index contributed by atoms with van der Waals surface area (Å²) in [5.41, 5.74) is 1.13. The lowest BCUT2D eigenvalue weighted by atomic mass is 9.80. The first kappa shape index (κ1) is 18.3. The van der Waals surface area contributed by atoms with Gasteiger partial charge >= 0.3 is 0 Å². The highest BCUT2D eigenvalue weighted by Gasteiger charge is 2.55. The fourth-order valence-electron chi connectivity index (χ4n) is 3.47. The van der Waals surface area contributed by atoms with Crippen LogP contribution in [-0.2, 0) is 23.7 Å². The summed E-state index contributed by atoms with van der Waals surface area (Å²) in [6.07, 6.45) is 0.746. The fraction of sp³-hybridized carbons (Fsp3) is 0.500. The summed E-state index contributed by atoms with van der Waals surface area (Å²) >= 11 is 0.